The number of nitrogens with two attached hydrogens (primary N) is 1. The molecule has 2 rings (SSSR count). The van der Waals surface area contributed by atoms with Crippen molar-refractivity contribution in [3.8, 4) is 0 Å². The lowest BCUT2D eigenvalue weighted by Crippen LogP contribution is -2.37. The van der Waals surface area contributed by atoms with Gasteiger partial charge in [0.15, 0.2) is 0 Å². The zero-order valence-corrected chi connectivity index (χ0v) is 10.9. The number of fused-ring (bicyclic) bond motifs is 1. The monoisotopic (exact) mass is 247 g/mol. The van der Waals surface area contributed by atoms with Crippen molar-refractivity contribution in [1.29, 1.82) is 0 Å². The predicted molar refractivity (Wildman–Crippen MR) is 71.9 cm³/mol. The number of nitrogens with zero attached hydrogens (tertiary/aromatic N) is 1. The van der Waals surface area contributed by atoms with Gasteiger partial charge in [0.25, 0.3) is 0 Å². The lowest BCUT2D eigenvalue weighted by atomic mass is 9.98. The first-order valence-corrected chi connectivity index (χ1v) is 6.53. The predicted octanol–water partition coefficient (Wildman–Crippen LogP) is 1.03. The Kier molecular flexibility index (Phi) is 4.33. The Morgan fingerprint density at radius 1 is 1.50 bits per heavy atom. The van der Waals surface area contributed by atoms with E-state index in [1.165, 1.54) is 11.1 Å². The summed E-state index contributed by atoms with van der Waals surface area (Å²) in [6.45, 7) is 5.11. The van der Waals surface area contributed by atoms with Crippen molar-refractivity contribution in [2.24, 2.45) is 5.73 Å². The molecule has 0 spiro atoms. The normalized spacial score (nSPS) is 19.3. The van der Waals surface area contributed by atoms with E-state index in [1.807, 2.05) is 0 Å². The van der Waals surface area contributed by atoms with Crippen LogP contribution in [0.4, 0.5) is 0 Å². The molecule has 0 saturated heterocycles. The number of amides is 1. The highest BCUT2D eigenvalue weighted by Gasteiger charge is 2.24. The van der Waals surface area contributed by atoms with Crippen molar-refractivity contribution in [2.75, 3.05) is 19.6 Å². The van der Waals surface area contributed by atoms with Crippen LogP contribution in [0.2, 0.25) is 0 Å². The van der Waals surface area contributed by atoms with Gasteiger partial charge >= 0.3 is 0 Å². The molecular formula is C14H21N3O. The molecule has 1 aliphatic heterocycles. The van der Waals surface area contributed by atoms with E-state index in [-0.39, 0.29) is 11.9 Å². The zero-order chi connectivity index (χ0) is 13.0. The molecule has 0 fully saturated rings. The molecule has 98 valence electrons. The number of likely N-dealkylation sites (N-methyl/N-ethyl adjacent to an activating group) is 1. The maximum absolute atomic E-state index is 11.2. The van der Waals surface area contributed by atoms with Crippen molar-refractivity contribution >= 4 is 5.91 Å². The smallest absolute Gasteiger partial charge is 0.231 e. The molecule has 0 aliphatic carbocycles. The molecular weight excluding hydrogens is 226 g/mol. The van der Waals surface area contributed by atoms with E-state index in [2.05, 4.69) is 41.4 Å². The van der Waals surface area contributed by atoms with Crippen LogP contribution in [0, 0.1) is 0 Å². The number of benzene rings is 1. The Morgan fingerprint density at radius 2 is 2.28 bits per heavy atom. The van der Waals surface area contributed by atoms with Crippen molar-refractivity contribution in [3.05, 3.63) is 35.4 Å². The van der Waals surface area contributed by atoms with Crippen LogP contribution in [0.5, 0.6) is 0 Å². The maximum Gasteiger partial charge on any atom is 0.231 e. The van der Waals surface area contributed by atoms with Gasteiger partial charge in [-0.15, -0.1) is 0 Å². The van der Waals surface area contributed by atoms with Crippen molar-refractivity contribution in [3.63, 3.8) is 0 Å². The molecule has 1 amide bonds. The maximum atomic E-state index is 11.2. The van der Waals surface area contributed by atoms with Crippen molar-refractivity contribution in [2.45, 2.75) is 25.9 Å². The van der Waals surface area contributed by atoms with Gasteiger partial charge in [-0.25, -0.2) is 0 Å². The van der Waals surface area contributed by atoms with Crippen LogP contribution in [0.3, 0.4) is 0 Å². The third-order valence-electron chi connectivity index (χ3n) is 3.53. The lowest BCUT2D eigenvalue weighted by molar-refractivity contribution is -0.119. The zero-order valence-electron chi connectivity index (χ0n) is 10.9. The van der Waals surface area contributed by atoms with Crippen LogP contribution >= 0.6 is 0 Å². The lowest BCUT2D eigenvalue weighted by Gasteiger charge is -2.30. The SMILES string of the molecule is CCN(CC(N)=O)C1CCNCc2ccccc21. The van der Waals surface area contributed by atoms with Crippen LogP contribution in [0.15, 0.2) is 24.3 Å². The Balaban J connectivity index is 2.28. The highest BCUT2D eigenvalue weighted by Crippen LogP contribution is 2.28. The molecule has 1 heterocycles. The van der Waals surface area contributed by atoms with Crippen LogP contribution < -0.4 is 11.1 Å². The number of carbonyl (C=O) groups is 1. The number of primary amides is 1. The molecule has 1 aliphatic rings. The molecule has 0 radical (unpaired) electrons. The molecule has 0 bridgehead atoms. The van der Waals surface area contributed by atoms with Gasteiger partial charge in [-0.2, -0.15) is 0 Å². The number of hydrogen-bond donors (Lipinski definition) is 2. The minimum atomic E-state index is -0.258. The standard InChI is InChI=1S/C14H21N3O/c1-2-17(10-14(15)18)13-7-8-16-9-11-5-3-4-6-12(11)13/h3-6,13,16H,2,7-10H2,1H3,(H2,15,18). The van der Waals surface area contributed by atoms with Gasteiger partial charge in [-0.05, 0) is 30.6 Å². The molecule has 1 aromatic carbocycles. The summed E-state index contributed by atoms with van der Waals surface area (Å²) in [4.78, 5) is 13.3. The van der Waals surface area contributed by atoms with Crippen LogP contribution in [0.25, 0.3) is 0 Å². The van der Waals surface area contributed by atoms with E-state index < -0.39 is 0 Å². The minimum Gasteiger partial charge on any atom is -0.369 e. The third kappa shape index (κ3) is 2.89. The fourth-order valence-corrected chi connectivity index (χ4v) is 2.66. The van der Waals surface area contributed by atoms with Crippen molar-refractivity contribution in [1.82, 2.24) is 10.2 Å². The molecule has 0 aromatic heterocycles. The second-order valence-corrected chi connectivity index (χ2v) is 4.71. The van der Waals surface area contributed by atoms with Crippen LogP contribution in [-0.2, 0) is 11.3 Å². The van der Waals surface area contributed by atoms with Crippen LogP contribution in [0.1, 0.15) is 30.5 Å². The highest BCUT2D eigenvalue weighted by molar-refractivity contribution is 5.76. The van der Waals surface area contributed by atoms with Gasteiger partial charge in [0.05, 0.1) is 6.54 Å². The van der Waals surface area contributed by atoms with E-state index in [9.17, 15) is 4.79 Å². The fraction of sp³-hybridized carbons (Fsp3) is 0.500. The Labute approximate surface area is 108 Å². The van der Waals surface area contributed by atoms with E-state index in [4.69, 9.17) is 5.73 Å². The third-order valence-corrected chi connectivity index (χ3v) is 3.53. The fourth-order valence-electron chi connectivity index (χ4n) is 2.66. The largest absolute Gasteiger partial charge is 0.369 e. The van der Waals surface area contributed by atoms with E-state index in [0.29, 0.717) is 6.54 Å². The van der Waals surface area contributed by atoms with E-state index in [0.717, 1.165) is 26.1 Å². The van der Waals surface area contributed by atoms with Gasteiger partial charge in [-0.1, -0.05) is 31.2 Å². The second kappa shape index (κ2) is 5.98. The Bertz CT molecular complexity index is 419. The number of carbonyl (C=O) groups excluding carboxylic acids is 1. The summed E-state index contributed by atoms with van der Waals surface area (Å²) >= 11 is 0. The topological polar surface area (TPSA) is 58.4 Å². The summed E-state index contributed by atoms with van der Waals surface area (Å²) in [5.41, 5.74) is 7.99. The average molecular weight is 247 g/mol. The first kappa shape index (κ1) is 13.1. The summed E-state index contributed by atoms with van der Waals surface area (Å²) < 4.78 is 0. The molecule has 1 aromatic rings. The van der Waals surface area contributed by atoms with Gasteiger partial charge in [-0.3, -0.25) is 9.69 Å². The molecule has 1 unspecified atom stereocenters. The summed E-state index contributed by atoms with van der Waals surface area (Å²) in [5, 5.41) is 3.42. The van der Waals surface area contributed by atoms with Crippen molar-refractivity contribution < 1.29 is 4.79 Å². The Morgan fingerprint density at radius 3 is 3.00 bits per heavy atom. The number of nitrogens with one attached hydrogen (secondary N) is 1. The van der Waals surface area contributed by atoms with Crippen LogP contribution in [-0.4, -0.2) is 30.4 Å². The molecule has 1 atom stereocenters. The molecule has 4 nitrogen and oxygen atoms in total. The Hall–Kier alpha value is -1.39. The minimum absolute atomic E-state index is 0.258. The number of rotatable bonds is 4. The van der Waals surface area contributed by atoms with Gasteiger partial charge in [0.2, 0.25) is 5.91 Å². The second-order valence-electron chi connectivity index (χ2n) is 4.71. The van der Waals surface area contributed by atoms with E-state index >= 15 is 0 Å². The van der Waals surface area contributed by atoms with Gasteiger partial charge in [0, 0.05) is 12.6 Å². The summed E-state index contributed by atoms with van der Waals surface area (Å²) in [6, 6.07) is 8.73. The summed E-state index contributed by atoms with van der Waals surface area (Å²) in [7, 11) is 0. The first-order chi connectivity index (χ1) is 8.72. The highest BCUT2D eigenvalue weighted by atomic mass is 16.1. The molecule has 3 N–H and O–H groups in total. The summed E-state index contributed by atoms with van der Waals surface area (Å²) in [6.07, 6.45) is 1.01. The molecule has 4 heteroatoms. The number of hydrogen-bond acceptors (Lipinski definition) is 3. The van der Waals surface area contributed by atoms with Gasteiger partial charge in [0.1, 0.15) is 0 Å². The molecule has 0 saturated carbocycles. The van der Waals surface area contributed by atoms with E-state index in [1.54, 1.807) is 0 Å². The average Bonchev–Trinajstić information content (AvgIpc) is 2.58. The first-order valence-electron chi connectivity index (χ1n) is 6.53. The van der Waals surface area contributed by atoms with Gasteiger partial charge < -0.3 is 11.1 Å². The molecule has 18 heavy (non-hydrogen) atoms. The summed E-state index contributed by atoms with van der Waals surface area (Å²) in [5.74, 6) is -0.258. The quantitative estimate of drug-likeness (QED) is 0.835.